The summed E-state index contributed by atoms with van der Waals surface area (Å²) >= 11 is 0. The average Bonchev–Trinajstić information content (AvgIpc) is 3.17. The molecular weight excluding hydrogens is 812 g/mol. The molecule has 0 saturated carbocycles. The highest BCUT2D eigenvalue weighted by Gasteiger charge is 2.24. The molecule has 0 bridgehead atoms. The maximum absolute atomic E-state index is 12.9. The Morgan fingerprint density at radius 1 is 0.443 bits per heavy atom. The third-order valence-electron chi connectivity index (χ3n) is 7.57. The second-order valence-electron chi connectivity index (χ2n) is 13.5. The van der Waals surface area contributed by atoms with Crippen LogP contribution in [0, 0.1) is 5.41 Å². The van der Waals surface area contributed by atoms with Gasteiger partial charge in [0.05, 0.1) is 17.8 Å². The van der Waals surface area contributed by atoms with Crippen molar-refractivity contribution in [2.75, 3.05) is 76.4 Å². The number of esters is 8. The first-order chi connectivity index (χ1) is 28.8. The van der Waals surface area contributed by atoms with Crippen LogP contribution in [0.2, 0.25) is 0 Å². The SMILES string of the molecule is CC(=O)OCOC(=O)CN(CC(=O)OCOC(C)=O)c1ccccc1OCCOc1ccccc1N(CC(=O)OCOC(C)=O)CC(=O)OCOC(=O)CCC(=O)C(C)(C)C. The summed E-state index contributed by atoms with van der Waals surface area (Å²) in [6.45, 7) is 3.30. The van der Waals surface area contributed by atoms with Crippen molar-refractivity contribution >= 4 is 64.9 Å². The Morgan fingerprint density at radius 2 is 0.754 bits per heavy atom. The van der Waals surface area contributed by atoms with Crippen molar-refractivity contribution in [3.8, 4) is 11.5 Å². The molecule has 0 spiro atoms. The smallest absolute Gasteiger partial charge is 0.328 e. The van der Waals surface area contributed by atoms with Crippen LogP contribution >= 0.6 is 0 Å². The zero-order valence-corrected chi connectivity index (χ0v) is 34.8. The normalized spacial score (nSPS) is 10.5. The topological polar surface area (TPSA) is 252 Å². The van der Waals surface area contributed by atoms with Crippen LogP contribution in [0.4, 0.5) is 11.4 Å². The van der Waals surface area contributed by atoms with Gasteiger partial charge in [-0.2, -0.15) is 0 Å². The molecule has 334 valence electrons. The van der Waals surface area contributed by atoms with Crippen LogP contribution in [0.15, 0.2) is 48.5 Å². The van der Waals surface area contributed by atoms with Gasteiger partial charge in [0, 0.05) is 32.6 Å². The summed E-state index contributed by atoms with van der Waals surface area (Å²) in [7, 11) is 0. The first kappa shape index (κ1) is 50.2. The maximum atomic E-state index is 12.9. The molecule has 0 unspecified atom stereocenters. The van der Waals surface area contributed by atoms with Crippen molar-refractivity contribution in [3.63, 3.8) is 0 Å². The molecule has 0 saturated heterocycles. The molecule has 2 aromatic carbocycles. The maximum Gasteiger partial charge on any atom is 0.328 e. The molecule has 0 radical (unpaired) electrons. The molecule has 2 rings (SSSR count). The van der Waals surface area contributed by atoms with E-state index in [4.69, 9.17) is 33.2 Å². The van der Waals surface area contributed by atoms with Crippen molar-refractivity contribution in [1.29, 1.82) is 0 Å². The first-order valence-electron chi connectivity index (χ1n) is 18.5. The summed E-state index contributed by atoms with van der Waals surface area (Å²) < 4.78 is 50.7. The lowest BCUT2D eigenvalue weighted by Crippen LogP contribution is -2.37. The molecule has 0 aliphatic rings. The second kappa shape index (κ2) is 26.2. The van der Waals surface area contributed by atoms with Gasteiger partial charge < -0.3 is 57.2 Å². The number of hydrogen-bond donors (Lipinski definition) is 0. The fraction of sp³-hybridized carbons (Fsp3) is 0.475. The highest BCUT2D eigenvalue weighted by Crippen LogP contribution is 2.30. The fourth-order valence-corrected chi connectivity index (χ4v) is 4.60. The van der Waals surface area contributed by atoms with Crippen LogP contribution in [0.1, 0.15) is 54.4 Å². The highest BCUT2D eigenvalue weighted by molar-refractivity contribution is 5.87. The van der Waals surface area contributed by atoms with Crippen LogP contribution in [-0.2, 0) is 81.0 Å². The molecule has 0 aliphatic carbocycles. The standard InChI is InChI=1S/C40H50N2O19/c1-27(43)54-23-58-36(48)19-41(20-37(49)59-24-55-28(2)44)30-11-7-9-13-32(30)52-17-18-53-33-14-10-8-12-31(33)42(21-38(50)60-25-56-29(3)45)22-39(51)61-26-57-35(47)16-15-34(46)40(4,5)6/h7-14H,15-26H2,1-6H3. The third-order valence-corrected chi connectivity index (χ3v) is 7.57. The Balaban J connectivity index is 2.18. The lowest BCUT2D eigenvalue weighted by molar-refractivity contribution is -0.168. The number of ketones is 1. The van der Waals surface area contributed by atoms with Gasteiger partial charge in [0.15, 0.2) is 0 Å². The number of ether oxygens (including phenoxy) is 10. The van der Waals surface area contributed by atoms with Crippen molar-refractivity contribution in [3.05, 3.63) is 48.5 Å². The van der Waals surface area contributed by atoms with E-state index in [1.165, 1.54) is 28.0 Å². The van der Waals surface area contributed by atoms with E-state index in [-0.39, 0.29) is 54.7 Å². The van der Waals surface area contributed by atoms with E-state index in [0.717, 1.165) is 20.8 Å². The number of benzene rings is 2. The van der Waals surface area contributed by atoms with Gasteiger partial charge in [-0.25, -0.2) is 0 Å². The predicted octanol–water partition coefficient (Wildman–Crippen LogP) is 2.39. The lowest BCUT2D eigenvalue weighted by atomic mass is 9.88. The van der Waals surface area contributed by atoms with Gasteiger partial charge in [-0.05, 0) is 24.3 Å². The molecular formula is C40H50N2O19. The number of rotatable bonds is 26. The lowest BCUT2D eigenvalue weighted by Gasteiger charge is -2.26. The summed E-state index contributed by atoms with van der Waals surface area (Å²) in [5, 5.41) is 0. The number of Topliss-reactive ketones (excluding diaryl/α,β-unsaturated/α-hetero) is 1. The van der Waals surface area contributed by atoms with E-state index < -0.39 is 107 Å². The van der Waals surface area contributed by atoms with Gasteiger partial charge in [0.2, 0.25) is 27.2 Å². The quantitative estimate of drug-likeness (QED) is 0.0569. The van der Waals surface area contributed by atoms with E-state index >= 15 is 0 Å². The molecule has 0 N–H and O–H groups in total. The molecule has 21 nitrogen and oxygen atoms in total. The summed E-state index contributed by atoms with van der Waals surface area (Å²) in [5.74, 6) is -6.19. The van der Waals surface area contributed by atoms with E-state index in [1.807, 2.05) is 0 Å². The van der Waals surface area contributed by atoms with E-state index in [1.54, 1.807) is 51.1 Å². The van der Waals surface area contributed by atoms with Gasteiger partial charge in [-0.15, -0.1) is 0 Å². The van der Waals surface area contributed by atoms with Gasteiger partial charge in [0.25, 0.3) is 0 Å². The Morgan fingerprint density at radius 3 is 1.08 bits per heavy atom. The third kappa shape index (κ3) is 21.1. The largest absolute Gasteiger partial charge is 0.488 e. The number of para-hydroxylation sites is 4. The zero-order valence-electron chi connectivity index (χ0n) is 34.8. The van der Waals surface area contributed by atoms with Crippen LogP contribution in [0.5, 0.6) is 11.5 Å². The molecule has 2 aromatic rings. The Kier molecular flexibility index (Phi) is 21.6. The van der Waals surface area contributed by atoms with Crippen molar-refractivity contribution in [2.24, 2.45) is 5.41 Å². The van der Waals surface area contributed by atoms with Crippen LogP contribution in [-0.4, -0.2) is 120 Å². The van der Waals surface area contributed by atoms with Crippen LogP contribution in [0.25, 0.3) is 0 Å². The van der Waals surface area contributed by atoms with Crippen molar-refractivity contribution < 1.29 is 90.5 Å². The van der Waals surface area contributed by atoms with Crippen molar-refractivity contribution in [2.45, 2.75) is 54.4 Å². The minimum atomic E-state index is -0.920. The van der Waals surface area contributed by atoms with E-state index in [9.17, 15) is 43.2 Å². The molecule has 61 heavy (non-hydrogen) atoms. The monoisotopic (exact) mass is 862 g/mol. The number of anilines is 2. The Labute approximate surface area is 351 Å². The highest BCUT2D eigenvalue weighted by atomic mass is 16.7. The van der Waals surface area contributed by atoms with E-state index in [2.05, 4.69) is 14.2 Å². The summed E-state index contributed by atoms with van der Waals surface area (Å²) in [5.41, 5.74) is -0.191. The average molecular weight is 863 g/mol. The summed E-state index contributed by atoms with van der Waals surface area (Å²) in [4.78, 5) is 111. The first-order valence-corrected chi connectivity index (χ1v) is 18.5. The molecule has 0 heterocycles. The van der Waals surface area contributed by atoms with Gasteiger partial charge in [-0.3, -0.25) is 43.2 Å². The summed E-state index contributed by atoms with van der Waals surface area (Å²) in [6, 6.07) is 12.6. The Hall–Kier alpha value is -6.93. The molecule has 0 aromatic heterocycles. The van der Waals surface area contributed by atoms with Gasteiger partial charge >= 0.3 is 47.8 Å². The minimum absolute atomic E-state index is 0.0559. The van der Waals surface area contributed by atoms with Gasteiger partial charge in [0.1, 0.15) is 56.7 Å². The molecule has 0 fully saturated rings. The second-order valence-corrected chi connectivity index (χ2v) is 13.5. The fourth-order valence-electron chi connectivity index (χ4n) is 4.60. The predicted molar refractivity (Wildman–Crippen MR) is 207 cm³/mol. The van der Waals surface area contributed by atoms with Crippen molar-refractivity contribution in [1.82, 2.24) is 0 Å². The van der Waals surface area contributed by atoms with E-state index in [0.29, 0.717) is 0 Å². The zero-order chi connectivity index (χ0) is 45.4. The van der Waals surface area contributed by atoms with Gasteiger partial charge in [-0.1, -0.05) is 45.0 Å². The minimum Gasteiger partial charge on any atom is -0.488 e. The molecule has 0 aliphatic heterocycles. The molecule has 0 amide bonds. The number of hydrogen-bond acceptors (Lipinski definition) is 21. The number of carbonyl (C=O) groups excluding carboxylic acids is 9. The number of carbonyl (C=O) groups is 9. The van der Waals surface area contributed by atoms with Crippen LogP contribution in [0.3, 0.4) is 0 Å². The van der Waals surface area contributed by atoms with Crippen LogP contribution < -0.4 is 19.3 Å². The summed E-state index contributed by atoms with van der Waals surface area (Å²) in [6.07, 6.45) is -0.271. The molecule has 21 heteroatoms. The molecule has 0 atom stereocenters. The number of nitrogens with zero attached hydrogens (tertiary/aromatic N) is 2. The Bertz CT molecular complexity index is 1810.